The number of morpholine rings is 1. The topological polar surface area (TPSA) is 44.8 Å². The summed E-state index contributed by atoms with van der Waals surface area (Å²) in [5, 5.41) is 3.32. The zero-order chi connectivity index (χ0) is 13.8. The van der Waals surface area contributed by atoms with Gasteiger partial charge in [0.2, 0.25) is 0 Å². The molecule has 1 aliphatic heterocycles. The van der Waals surface area contributed by atoms with E-state index in [2.05, 4.69) is 10.2 Å². The fourth-order valence-electron chi connectivity index (χ4n) is 1.85. The first-order valence-electron chi connectivity index (χ1n) is 6.18. The van der Waals surface area contributed by atoms with Gasteiger partial charge in [-0.1, -0.05) is 11.6 Å². The lowest BCUT2D eigenvalue weighted by Crippen LogP contribution is -2.36. The van der Waals surface area contributed by atoms with Crippen LogP contribution in [0.3, 0.4) is 0 Å². The molecule has 0 unspecified atom stereocenters. The standard InChI is InChI=1S/C13H18ClN3O2/c1-16(2)13(18)15-12-9-10(3-4-11(12)14)17-5-7-19-8-6-17/h3-4,9H,5-8H2,1-2H3,(H,15,18). The van der Waals surface area contributed by atoms with Crippen LogP contribution in [0.25, 0.3) is 0 Å². The highest BCUT2D eigenvalue weighted by Crippen LogP contribution is 2.28. The Bertz CT molecular complexity index is 459. The maximum atomic E-state index is 11.7. The molecule has 0 spiro atoms. The molecule has 0 aliphatic carbocycles. The predicted octanol–water partition coefficient (Wildman–Crippen LogP) is 2.27. The van der Waals surface area contributed by atoms with Crippen molar-refractivity contribution in [2.45, 2.75) is 0 Å². The lowest BCUT2D eigenvalue weighted by atomic mass is 10.2. The lowest BCUT2D eigenvalue weighted by molar-refractivity contribution is 0.122. The third-order valence-electron chi connectivity index (χ3n) is 2.97. The first-order valence-corrected chi connectivity index (χ1v) is 6.56. The zero-order valence-electron chi connectivity index (χ0n) is 11.1. The first-order chi connectivity index (χ1) is 9.08. The van der Waals surface area contributed by atoms with Crippen LogP contribution in [-0.4, -0.2) is 51.3 Å². The molecule has 1 saturated heterocycles. The molecular weight excluding hydrogens is 266 g/mol. The second kappa shape index (κ2) is 6.12. The monoisotopic (exact) mass is 283 g/mol. The summed E-state index contributed by atoms with van der Waals surface area (Å²) in [5.74, 6) is 0. The number of halogens is 1. The Morgan fingerprint density at radius 2 is 2.05 bits per heavy atom. The van der Waals surface area contributed by atoms with Crippen LogP contribution < -0.4 is 10.2 Å². The van der Waals surface area contributed by atoms with Crippen molar-refractivity contribution in [2.75, 3.05) is 50.6 Å². The molecular formula is C13H18ClN3O2. The molecule has 1 N–H and O–H groups in total. The average molecular weight is 284 g/mol. The molecule has 19 heavy (non-hydrogen) atoms. The molecule has 1 aromatic carbocycles. The number of amides is 2. The highest BCUT2D eigenvalue weighted by molar-refractivity contribution is 6.33. The Labute approximate surface area is 118 Å². The molecule has 0 saturated carbocycles. The number of carbonyl (C=O) groups is 1. The van der Waals surface area contributed by atoms with Gasteiger partial charge in [0.1, 0.15) is 0 Å². The number of anilines is 2. The van der Waals surface area contributed by atoms with Crippen molar-refractivity contribution < 1.29 is 9.53 Å². The van der Waals surface area contributed by atoms with Gasteiger partial charge in [0.05, 0.1) is 23.9 Å². The molecule has 0 radical (unpaired) electrons. The number of hydrogen-bond donors (Lipinski definition) is 1. The van der Waals surface area contributed by atoms with E-state index in [-0.39, 0.29) is 6.03 Å². The van der Waals surface area contributed by atoms with Crippen molar-refractivity contribution in [2.24, 2.45) is 0 Å². The minimum atomic E-state index is -0.193. The van der Waals surface area contributed by atoms with Crippen LogP contribution in [0.2, 0.25) is 5.02 Å². The van der Waals surface area contributed by atoms with Crippen LogP contribution in [0.1, 0.15) is 0 Å². The number of benzene rings is 1. The normalized spacial score (nSPS) is 15.2. The number of carbonyl (C=O) groups excluding carboxylic acids is 1. The van der Waals surface area contributed by atoms with Crippen molar-refractivity contribution in [1.29, 1.82) is 0 Å². The minimum absolute atomic E-state index is 0.193. The van der Waals surface area contributed by atoms with Crippen molar-refractivity contribution in [3.63, 3.8) is 0 Å². The van der Waals surface area contributed by atoms with E-state index in [9.17, 15) is 4.79 Å². The molecule has 1 aromatic rings. The van der Waals surface area contributed by atoms with Gasteiger partial charge in [-0.05, 0) is 18.2 Å². The number of ether oxygens (including phenoxy) is 1. The van der Waals surface area contributed by atoms with Crippen LogP contribution in [0.5, 0.6) is 0 Å². The Kier molecular flexibility index (Phi) is 4.50. The third-order valence-corrected chi connectivity index (χ3v) is 3.30. The summed E-state index contributed by atoms with van der Waals surface area (Å²) in [6.07, 6.45) is 0. The van der Waals surface area contributed by atoms with Gasteiger partial charge in [-0.15, -0.1) is 0 Å². The van der Waals surface area contributed by atoms with Crippen molar-refractivity contribution in [3.8, 4) is 0 Å². The quantitative estimate of drug-likeness (QED) is 0.906. The molecule has 0 bridgehead atoms. The molecule has 1 fully saturated rings. The average Bonchev–Trinajstić information content (AvgIpc) is 2.42. The molecule has 2 amide bonds. The van der Waals surface area contributed by atoms with E-state index in [0.29, 0.717) is 10.7 Å². The summed E-state index contributed by atoms with van der Waals surface area (Å²) >= 11 is 6.11. The molecule has 1 heterocycles. The minimum Gasteiger partial charge on any atom is -0.378 e. The van der Waals surface area contributed by atoms with Gasteiger partial charge >= 0.3 is 6.03 Å². The Morgan fingerprint density at radius 1 is 1.37 bits per heavy atom. The lowest BCUT2D eigenvalue weighted by Gasteiger charge is -2.29. The van der Waals surface area contributed by atoms with Gasteiger partial charge in [-0.3, -0.25) is 0 Å². The smallest absolute Gasteiger partial charge is 0.321 e. The molecule has 2 rings (SSSR count). The largest absolute Gasteiger partial charge is 0.378 e. The number of rotatable bonds is 2. The van der Waals surface area contributed by atoms with Gasteiger partial charge in [0.15, 0.2) is 0 Å². The maximum absolute atomic E-state index is 11.7. The van der Waals surface area contributed by atoms with Crippen LogP contribution in [0.4, 0.5) is 16.2 Å². The number of hydrogen-bond acceptors (Lipinski definition) is 3. The van der Waals surface area contributed by atoms with Gasteiger partial charge in [-0.2, -0.15) is 0 Å². The van der Waals surface area contributed by atoms with Crippen LogP contribution in [0, 0.1) is 0 Å². The Hall–Kier alpha value is -1.46. The molecule has 0 aromatic heterocycles. The van der Waals surface area contributed by atoms with E-state index in [4.69, 9.17) is 16.3 Å². The number of nitrogens with one attached hydrogen (secondary N) is 1. The molecule has 6 heteroatoms. The van der Waals surface area contributed by atoms with E-state index < -0.39 is 0 Å². The van der Waals surface area contributed by atoms with Gasteiger partial charge < -0.3 is 19.9 Å². The van der Waals surface area contributed by atoms with E-state index >= 15 is 0 Å². The van der Waals surface area contributed by atoms with Gasteiger partial charge in [0, 0.05) is 32.9 Å². The summed E-state index contributed by atoms with van der Waals surface area (Å²) in [5.41, 5.74) is 1.67. The fourth-order valence-corrected chi connectivity index (χ4v) is 2.02. The zero-order valence-corrected chi connectivity index (χ0v) is 11.9. The SMILES string of the molecule is CN(C)C(=O)Nc1cc(N2CCOCC2)ccc1Cl. The van der Waals surface area contributed by atoms with Crippen LogP contribution in [-0.2, 0) is 4.74 Å². The fraction of sp³-hybridized carbons (Fsp3) is 0.462. The molecule has 104 valence electrons. The molecule has 5 nitrogen and oxygen atoms in total. The van der Waals surface area contributed by atoms with Crippen molar-refractivity contribution in [1.82, 2.24) is 4.90 Å². The predicted molar refractivity (Wildman–Crippen MR) is 77.2 cm³/mol. The molecule has 1 aliphatic rings. The van der Waals surface area contributed by atoms with Crippen molar-refractivity contribution in [3.05, 3.63) is 23.2 Å². The summed E-state index contributed by atoms with van der Waals surface area (Å²) in [6, 6.07) is 5.46. The van der Waals surface area contributed by atoms with E-state index in [1.165, 1.54) is 4.90 Å². The van der Waals surface area contributed by atoms with E-state index in [1.54, 1.807) is 20.2 Å². The van der Waals surface area contributed by atoms with E-state index in [0.717, 1.165) is 32.0 Å². The summed E-state index contributed by atoms with van der Waals surface area (Å²) in [6.45, 7) is 3.15. The van der Waals surface area contributed by atoms with Gasteiger partial charge in [0.25, 0.3) is 0 Å². The molecule has 0 atom stereocenters. The van der Waals surface area contributed by atoms with Crippen LogP contribution >= 0.6 is 11.6 Å². The number of urea groups is 1. The number of nitrogens with zero attached hydrogens (tertiary/aromatic N) is 2. The summed E-state index contributed by atoms with van der Waals surface area (Å²) in [7, 11) is 3.38. The van der Waals surface area contributed by atoms with Crippen LogP contribution in [0.15, 0.2) is 18.2 Å². The maximum Gasteiger partial charge on any atom is 0.321 e. The third kappa shape index (κ3) is 3.52. The highest BCUT2D eigenvalue weighted by atomic mass is 35.5. The Morgan fingerprint density at radius 3 is 2.68 bits per heavy atom. The second-order valence-electron chi connectivity index (χ2n) is 4.59. The Balaban J connectivity index is 2.16. The van der Waals surface area contributed by atoms with E-state index in [1.807, 2.05) is 12.1 Å². The van der Waals surface area contributed by atoms with Gasteiger partial charge in [-0.25, -0.2) is 4.79 Å². The second-order valence-corrected chi connectivity index (χ2v) is 5.00. The first kappa shape index (κ1) is 14.0. The summed E-state index contributed by atoms with van der Waals surface area (Å²) in [4.78, 5) is 15.4. The highest BCUT2D eigenvalue weighted by Gasteiger charge is 2.14. The van der Waals surface area contributed by atoms with Crippen molar-refractivity contribution >= 4 is 29.0 Å². The summed E-state index contributed by atoms with van der Waals surface area (Å²) < 4.78 is 5.33.